The summed E-state index contributed by atoms with van der Waals surface area (Å²) in [7, 11) is 0. The summed E-state index contributed by atoms with van der Waals surface area (Å²) < 4.78 is 0. The molecule has 0 aliphatic rings. The molecule has 3 rings (SSSR count). The van der Waals surface area contributed by atoms with Crippen LogP contribution in [0.3, 0.4) is 0 Å². The normalized spacial score (nSPS) is 11.2. The van der Waals surface area contributed by atoms with E-state index in [1.807, 2.05) is 41.8 Å². The Hall–Kier alpha value is -2.72. The molecule has 1 heterocycles. The molecule has 2 aromatic carbocycles. The SMILES string of the molecule is CC(C)(C)c1ccc(C(=O)c2cccc(NC(=O)Cc3cccs3)c2)cc1. The number of carbonyl (C=O) groups excluding carboxylic acids is 2. The van der Waals surface area contributed by atoms with Gasteiger partial charge < -0.3 is 5.32 Å². The molecule has 0 spiro atoms. The number of nitrogens with one attached hydrogen (secondary N) is 1. The van der Waals surface area contributed by atoms with Crippen molar-refractivity contribution in [3.8, 4) is 0 Å². The first kappa shape index (κ1) is 19.1. The second-order valence-electron chi connectivity index (χ2n) is 7.54. The number of benzene rings is 2. The maximum absolute atomic E-state index is 12.8. The van der Waals surface area contributed by atoms with Crippen molar-refractivity contribution in [1.29, 1.82) is 0 Å². The number of hydrogen-bond acceptors (Lipinski definition) is 3. The lowest BCUT2D eigenvalue weighted by molar-refractivity contribution is -0.115. The fourth-order valence-electron chi connectivity index (χ4n) is 2.80. The highest BCUT2D eigenvalue weighted by Crippen LogP contribution is 2.23. The highest BCUT2D eigenvalue weighted by molar-refractivity contribution is 7.10. The van der Waals surface area contributed by atoms with Crippen LogP contribution in [-0.4, -0.2) is 11.7 Å². The summed E-state index contributed by atoms with van der Waals surface area (Å²) in [5.74, 6) is -0.138. The van der Waals surface area contributed by atoms with Gasteiger partial charge in [0.05, 0.1) is 6.42 Å². The van der Waals surface area contributed by atoms with Crippen molar-refractivity contribution >= 4 is 28.7 Å². The van der Waals surface area contributed by atoms with Gasteiger partial charge in [-0.25, -0.2) is 0 Å². The molecule has 0 saturated heterocycles. The third-order valence-corrected chi connectivity index (χ3v) is 5.21. The number of thiophene rings is 1. The Morgan fingerprint density at radius 2 is 1.67 bits per heavy atom. The van der Waals surface area contributed by atoms with Crippen molar-refractivity contribution in [1.82, 2.24) is 0 Å². The molecule has 1 N–H and O–H groups in total. The van der Waals surface area contributed by atoms with Crippen LogP contribution in [0.4, 0.5) is 5.69 Å². The van der Waals surface area contributed by atoms with Crippen LogP contribution in [0.1, 0.15) is 47.1 Å². The van der Waals surface area contributed by atoms with Crippen LogP contribution in [0.25, 0.3) is 0 Å². The number of amides is 1. The summed E-state index contributed by atoms with van der Waals surface area (Å²) in [6.45, 7) is 6.44. The van der Waals surface area contributed by atoms with Crippen LogP contribution in [0.15, 0.2) is 66.0 Å². The van der Waals surface area contributed by atoms with Crippen molar-refractivity contribution in [2.45, 2.75) is 32.6 Å². The molecule has 1 amide bonds. The summed E-state index contributed by atoms with van der Waals surface area (Å²) >= 11 is 1.55. The molecule has 0 fully saturated rings. The van der Waals surface area contributed by atoms with Gasteiger partial charge in [0.15, 0.2) is 5.78 Å². The molecule has 0 atom stereocenters. The monoisotopic (exact) mass is 377 g/mol. The van der Waals surface area contributed by atoms with Gasteiger partial charge in [-0.1, -0.05) is 63.2 Å². The average Bonchev–Trinajstić information content (AvgIpc) is 3.13. The maximum Gasteiger partial charge on any atom is 0.229 e. The van der Waals surface area contributed by atoms with E-state index in [-0.39, 0.29) is 17.1 Å². The molecule has 0 bridgehead atoms. The van der Waals surface area contributed by atoms with Gasteiger partial charge in [0.2, 0.25) is 5.91 Å². The van der Waals surface area contributed by atoms with Crippen LogP contribution < -0.4 is 5.32 Å². The predicted molar refractivity (Wildman–Crippen MR) is 112 cm³/mol. The Balaban J connectivity index is 1.72. The van der Waals surface area contributed by atoms with Crippen LogP contribution in [0.5, 0.6) is 0 Å². The first-order valence-electron chi connectivity index (χ1n) is 8.90. The molecule has 3 nitrogen and oxygen atoms in total. The van der Waals surface area contributed by atoms with Crippen molar-refractivity contribution in [2.24, 2.45) is 0 Å². The molecule has 27 heavy (non-hydrogen) atoms. The minimum atomic E-state index is -0.0865. The highest BCUT2D eigenvalue weighted by Gasteiger charge is 2.15. The molecule has 138 valence electrons. The summed E-state index contributed by atoms with van der Waals surface area (Å²) in [5.41, 5.74) is 3.08. The van der Waals surface area contributed by atoms with E-state index in [1.165, 1.54) is 5.56 Å². The maximum atomic E-state index is 12.8. The summed E-state index contributed by atoms with van der Waals surface area (Å²) in [6, 6.07) is 18.7. The van der Waals surface area contributed by atoms with Gasteiger partial charge in [0.1, 0.15) is 0 Å². The summed E-state index contributed by atoms with van der Waals surface area (Å²) in [6.07, 6.45) is 0.337. The zero-order chi connectivity index (χ0) is 19.4. The van der Waals surface area contributed by atoms with Gasteiger partial charge in [-0.3, -0.25) is 9.59 Å². The van der Waals surface area contributed by atoms with E-state index in [1.54, 1.807) is 35.6 Å². The number of rotatable bonds is 5. The Morgan fingerprint density at radius 3 is 2.30 bits per heavy atom. The van der Waals surface area contributed by atoms with Crippen LogP contribution >= 0.6 is 11.3 Å². The Morgan fingerprint density at radius 1 is 0.926 bits per heavy atom. The molecule has 0 saturated carbocycles. The minimum absolute atomic E-state index is 0.0499. The Kier molecular flexibility index (Phi) is 5.57. The first-order valence-corrected chi connectivity index (χ1v) is 9.78. The minimum Gasteiger partial charge on any atom is -0.326 e. The topological polar surface area (TPSA) is 46.2 Å². The standard InChI is InChI=1S/C23H23NO2S/c1-23(2,3)18-11-9-16(10-12-18)22(26)17-6-4-7-19(14-17)24-21(25)15-20-8-5-13-27-20/h4-14H,15H2,1-3H3,(H,24,25). The smallest absolute Gasteiger partial charge is 0.229 e. The van der Waals surface area contributed by atoms with E-state index in [0.29, 0.717) is 23.2 Å². The molecule has 0 aliphatic heterocycles. The van der Waals surface area contributed by atoms with Gasteiger partial charge in [-0.05, 0) is 34.6 Å². The van der Waals surface area contributed by atoms with E-state index in [0.717, 1.165) is 4.88 Å². The number of ketones is 1. The van der Waals surface area contributed by atoms with Gasteiger partial charge in [0.25, 0.3) is 0 Å². The molecule has 3 aromatic rings. The third kappa shape index (κ3) is 4.92. The fourth-order valence-corrected chi connectivity index (χ4v) is 3.51. The van der Waals surface area contributed by atoms with E-state index in [2.05, 4.69) is 26.1 Å². The van der Waals surface area contributed by atoms with Crippen LogP contribution in [0.2, 0.25) is 0 Å². The number of carbonyl (C=O) groups is 2. The number of anilines is 1. The van der Waals surface area contributed by atoms with Gasteiger partial charge in [-0.2, -0.15) is 0 Å². The Bertz CT molecular complexity index is 935. The van der Waals surface area contributed by atoms with E-state index >= 15 is 0 Å². The lowest BCUT2D eigenvalue weighted by Gasteiger charge is -2.19. The first-order chi connectivity index (χ1) is 12.8. The molecule has 0 radical (unpaired) electrons. The fraction of sp³-hybridized carbons (Fsp3) is 0.217. The molecular formula is C23H23NO2S. The molecular weight excluding hydrogens is 354 g/mol. The lowest BCUT2D eigenvalue weighted by atomic mass is 9.86. The highest BCUT2D eigenvalue weighted by atomic mass is 32.1. The van der Waals surface area contributed by atoms with Crippen LogP contribution in [0, 0.1) is 0 Å². The van der Waals surface area contributed by atoms with Crippen molar-refractivity contribution in [3.63, 3.8) is 0 Å². The summed E-state index contributed by atoms with van der Waals surface area (Å²) in [4.78, 5) is 26.0. The molecule has 1 aromatic heterocycles. The second kappa shape index (κ2) is 7.89. The Labute approximate surface area is 164 Å². The van der Waals surface area contributed by atoms with Crippen molar-refractivity contribution in [2.75, 3.05) is 5.32 Å². The lowest BCUT2D eigenvalue weighted by Crippen LogP contribution is -2.14. The van der Waals surface area contributed by atoms with Gasteiger partial charge >= 0.3 is 0 Å². The molecule has 4 heteroatoms. The quantitative estimate of drug-likeness (QED) is 0.600. The largest absolute Gasteiger partial charge is 0.326 e. The van der Waals surface area contributed by atoms with Gasteiger partial charge in [-0.15, -0.1) is 11.3 Å². The van der Waals surface area contributed by atoms with Crippen molar-refractivity contribution in [3.05, 3.63) is 87.6 Å². The number of hydrogen-bond donors (Lipinski definition) is 1. The van der Waals surface area contributed by atoms with Crippen LogP contribution in [-0.2, 0) is 16.6 Å². The van der Waals surface area contributed by atoms with E-state index in [9.17, 15) is 9.59 Å². The third-order valence-electron chi connectivity index (χ3n) is 4.34. The zero-order valence-electron chi connectivity index (χ0n) is 15.8. The van der Waals surface area contributed by atoms with Gasteiger partial charge in [0, 0.05) is 21.7 Å². The van der Waals surface area contributed by atoms with Crippen molar-refractivity contribution < 1.29 is 9.59 Å². The second-order valence-corrected chi connectivity index (χ2v) is 8.57. The molecule has 0 aliphatic carbocycles. The summed E-state index contributed by atoms with van der Waals surface area (Å²) in [5, 5.41) is 4.82. The zero-order valence-corrected chi connectivity index (χ0v) is 16.6. The predicted octanol–water partition coefficient (Wildman–Crippen LogP) is 5.46. The van der Waals surface area contributed by atoms with E-state index in [4.69, 9.17) is 0 Å². The molecule has 0 unspecified atom stereocenters. The average molecular weight is 378 g/mol. The van der Waals surface area contributed by atoms with E-state index < -0.39 is 0 Å².